The third-order valence-electron chi connectivity index (χ3n) is 2.27. The first-order valence-electron chi connectivity index (χ1n) is 4.62. The number of benzene rings is 1. The number of aromatic nitrogens is 2. The van der Waals surface area contributed by atoms with E-state index >= 15 is 0 Å². The summed E-state index contributed by atoms with van der Waals surface area (Å²) in [5.74, 6) is 0. The molecule has 3 heteroatoms. The number of nitrogens with zero attached hydrogens (tertiary/aromatic N) is 2. The molecule has 1 aromatic carbocycles. The van der Waals surface area contributed by atoms with E-state index < -0.39 is 0 Å². The summed E-state index contributed by atoms with van der Waals surface area (Å²) in [6, 6.07) is 10.1. The average Bonchev–Trinajstić information content (AvgIpc) is 2.66. The van der Waals surface area contributed by atoms with Crippen LogP contribution in [0.3, 0.4) is 0 Å². The molecule has 2 N–H and O–H groups in total. The topological polar surface area (TPSA) is 43.8 Å². The Morgan fingerprint density at radius 3 is 2.79 bits per heavy atom. The van der Waals surface area contributed by atoms with Crippen LogP contribution in [0.4, 0.5) is 0 Å². The van der Waals surface area contributed by atoms with Gasteiger partial charge in [-0.2, -0.15) is 5.10 Å². The van der Waals surface area contributed by atoms with E-state index in [4.69, 9.17) is 5.73 Å². The van der Waals surface area contributed by atoms with Crippen LogP contribution in [0.15, 0.2) is 36.5 Å². The highest BCUT2D eigenvalue weighted by Gasteiger charge is 2.04. The summed E-state index contributed by atoms with van der Waals surface area (Å²) in [5, 5.41) is 4.25. The van der Waals surface area contributed by atoms with Crippen LogP contribution in [0, 0.1) is 6.92 Å². The maximum atomic E-state index is 5.62. The molecule has 0 aliphatic rings. The minimum Gasteiger partial charge on any atom is -0.325 e. The van der Waals surface area contributed by atoms with E-state index in [9.17, 15) is 0 Å². The van der Waals surface area contributed by atoms with Crippen LogP contribution in [0.1, 0.15) is 11.3 Å². The number of aryl methyl sites for hydroxylation is 1. The van der Waals surface area contributed by atoms with Crippen molar-refractivity contribution in [3.8, 4) is 5.69 Å². The fourth-order valence-corrected chi connectivity index (χ4v) is 1.50. The molecule has 0 aliphatic carbocycles. The molecule has 3 nitrogen and oxygen atoms in total. The van der Waals surface area contributed by atoms with Crippen LogP contribution in [0.5, 0.6) is 0 Å². The minimum absolute atomic E-state index is 0.508. The molecule has 0 amide bonds. The Bertz CT molecular complexity index is 432. The number of para-hydroxylation sites is 1. The van der Waals surface area contributed by atoms with Gasteiger partial charge in [0.15, 0.2) is 0 Å². The van der Waals surface area contributed by atoms with Gasteiger partial charge in [0.25, 0.3) is 0 Å². The molecule has 1 aromatic heterocycles. The van der Waals surface area contributed by atoms with Gasteiger partial charge in [0.05, 0.1) is 11.4 Å². The fourth-order valence-electron chi connectivity index (χ4n) is 1.50. The summed E-state index contributed by atoms with van der Waals surface area (Å²) in [7, 11) is 0. The standard InChI is InChI=1S/C11H13N3/c1-9-4-2-3-5-11(9)14-10(8-12)6-7-13-14/h2-7H,8,12H2,1H3. The molecule has 0 radical (unpaired) electrons. The predicted molar refractivity (Wildman–Crippen MR) is 56.2 cm³/mol. The summed E-state index contributed by atoms with van der Waals surface area (Å²) in [6.45, 7) is 2.58. The van der Waals surface area contributed by atoms with E-state index in [1.807, 2.05) is 28.9 Å². The molecule has 72 valence electrons. The molecule has 0 spiro atoms. The Hall–Kier alpha value is -1.61. The Balaban J connectivity index is 2.54. The third-order valence-corrected chi connectivity index (χ3v) is 2.27. The van der Waals surface area contributed by atoms with Crippen LogP contribution in [0.25, 0.3) is 5.69 Å². The normalized spacial score (nSPS) is 10.4. The second-order valence-electron chi connectivity index (χ2n) is 3.22. The van der Waals surface area contributed by atoms with Crippen LogP contribution >= 0.6 is 0 Å². The van der Waals surface area contributed by atoms with Gasteiger partial charge in [-0.05, 0) is 24.6 Å². The van der Waals surface area contributed by atoms with Crippen molar-refractivity contribution >= 4 is 0 Å². The highest BCUT2D eigenvalue weighted by atomic mass is 15.3. The Kier molecular flexibility index (Phi) is 2.33. The van der Waals surface area contributed by atoms with E-state index in [2.05, 4.69) is 18.1 Å². The molecular formula is C11H13N3. The lowest BCUT2D eigenvalue weighted by Gasteiger charge is -2.08. The lowest BCUT2D eigenvalue weighted by atomic mass is 10.2. The van der Waals surface area contributed by atoms with Gasteiger partial charge in [-0.15, -0.1) is 0 Å². The molecule has 0 bridgehead atoms. The molecule has 2 rings (SSSR count). The van der Waals surface area contributed by atoms with Crippen LogP contribution in [-0.4, -0.2) is 9.78 Å². The van der Waals surface area contributed by atoms with E-state index in [1.165, 1.54) is 5.56 Å². The molecule has 2 aromatic rings. The van der Waals surface area contributed by atoms with Crippen molar-refractivity contribution in [1.82, 2.24) is 9.78 Å². The maximum absolute atomic E-state index is 5.62. The van der Waals surface area contributed by atoms with Gasteiger partial charge in [-0.3, -0.25) is 0 Å². The first-order valence-corrected chi connectivity index (χ1v) is 4.62. The second-order valence-corrected chi connectivity index (χ2v) is 3.22. The second kappa shape index (κ2) is 3.64. The molecule has 0 atom stereocenters. The predicted octanol–water partition coefficient (Wildman–Crippen LogP) is 1.64. The number of hydrogen-bond donors (Lipinski definition) is 1. The van der Waals surface area contributed by atoms with Crippen molar-refractivity contribution in [2.24, 2.45) is 5.73 Å². The van der Waals surface area contributed by atoms with Crippen molar-refractivity contribution in [2.45, 2.75) is 13.5 Å². The molecule has 1 heterocycles. The molecule has 14 heavy (non-hydrogen) atoms. The smallest absolute Gasteiger partial charge is 0.0678 e. The van der Waals surface area contributed by atoms with Crippen molar-refractivity contribution in [2.75, 3.05) is 0 Å². The lowest BCUT2D eigenvalue weighted by molar-refractivity contribution is 0.799. The molecule has 0 fully saturated rings. The van der Waals surface area contributed by atoms with E-state index in [1.54, 1.807) is 6.20 Å². The van der Waals surface area contributed by atoms with Crippen LogP contribution in [0.2, 0.25) is 0 Å². The summed E-state index contributed by atoms with van der Waals surface area (Å²) in [5.41, 5.74) is 8.94. The summed E-state index contributed by atoms with van der Waals surface area (Å²) in [6.07, 6.45) is 1.77. The SMILES string of the molecule is Cc1ccccc1-n1nccc1CN. The maximum Gasteiger partial charge on any atom is 0.0678 e. The summed E-state index contributed by atoms with van der Waals surface area (Å²) >= 11 is 0. The van der Waals surface area contributed by atoms with Gasteiger partial charge >= 0.3 is 0 Å². The fraction of sp³-hybridized carbons (Fsp3) is 0.182. The van der Waals surface area contributed by atoms with E-state index in [0.717, 1.165) is 11.4 Å². The first kappa shape index (κ1) is 8.97. The quantitative estimate of drug-likeness (QED) is 0.776. The van der Waals surface area contributed by atoms with Gasteiger partial charge in [0, 0.05) is 12.7 Å². The van der Waals surface area contributed by atoms with Crippen molar-refractivity contribution in [3.63, 3.8) is 0 Å². The molecule has 0 unspecified atom stereocenters. The zero-order valence-electron chi connectivity index (χ0n) is 8.14. The number of rotatable bonds is 2. The monoisotopic (exact) mass is 187 g/mol. The Morgan fingerprint density at radius 2 is 2.07 bits per heavy atom. The highest BCUT2D eigenvalue weighted by molar-refractivity contribution is 5.40. The molecule has 0 saturated heterocycles. The van der Waals surface area contributed by atoms with Crippen molar-refractivity contribution < 1.29 is 0 Å². The largest absolute Gasteiger partial charge is 0.325 e. The highest BCUT2D eigenvalue weighted by Crippen LogP contribution is 2.14. The summed E-state index contributed by atoms with van der Waals surface area (Å²) < 4.78 is 1.88. The minimum atomic E-state index is 0.508. The van der Waals surface area contributed by atoms with Gasteiger partial charge in [-0.1, -0.05) is 18.2 Å². The van der Waals surface area contributed by atoms with Gasteiger partial charge < -0.3 is 5.73 Å². The van der Waals surface area contributed by atoms with E-state index in [-0.39, 0.29) is 0 Å². The zero-order chi connectivity index (χ0) is 9.97. The Morgan fingerprint density at radius 1 is 1.29 bits per heavy atom. The van der Waals surface area contributed by atoms with Crippen molar-refractivity contribution in [3.05, 3.63) is 47.8 Å². The summed E-state index contributed by atoms with van der Waals surface area (Å²) in [4.78, 5) is 0. The Labute approximate surface area is 83.2 Å². The molecule has 0 aliphatic heterocycles. The van der Waals surface area contributed by atoms with Crippen molar-refractivity contribution in [1.29, 1.82) is 0 Å². The van der Waals surface area contributed by atoms with Crippen LogP contribution in [-0.2, 0) is 6.54 Å². The van der Waals surface area contributed by atoms with E-state index in [0.29, 0.717) is 6.54 Å². The van der Waals surface area contributed by atoms with Gasteiger partial charge in [0.2, 0.25) is 0 Å². The molecule has 0 saturated carbocycles. The number of hydrogen-bond acceptors (Lipinski definition) is 2. The van der Waals surface area contributed by atoms with Gasteiger partial charge in [-0.25, -0.2) is 4.68 Å². The number of nitrogens with two attached hydrogens (primary N) is 1. The molecular weight excluding hydrogens is 174 g/mol. The first-order chi connectivity index (χ1) is 6.83. The lowest BCUT2D eigenvalue weighted by Crippen LogP contribution is -2.07. The zero-order valence-corrected chi connectivity index (χ0v) is 8.14. The average molecular weight is 187 g/mol. The third kappa shape index (κ3) is 1.42. The van der Waals surface area contributed by atoms with Gasteiger partial charge in [0.1, 0.15) is 0 Å². The van der Waals surface area contributed by atoms with Crippen LogP contribution < -0.4 is 5.73 Å².